The van der Waals surface area contributed by atoms with E-state index in [1.54, 1.807) is 0 Å². The predicted octanol–water partition coefficient (Wildman–Crippen LogP) is 4.83. The van der Waals surface area contributed by atoms with Crippen LogP contribution in [0.1, 0.15) is 37.7 Å². The van der Waals surface area contributed by atoms with Gasteiger partial charge in [0.15, 0.2) is 0 Å². The molecule has 0 unspecified atom stereocenters. The monoisotopic (exact) mass is 333 g/mol. The van der Waals surface area contributed by atoms with Gasteiger partial charge in [-0.1, -0.05) is 37.5 Å². The lowest BCUT2D eigenvalue weighted by atomic mass is 9.88. The molecule has 1 N–H and O–H groups in total. The first-order chi connectivity index (χ1) is 12.2. The summed E-state index contributed by atoms with van der Waals surface area (Å²) in [7, 11) is 0. The van der Waals surface area contributed by atoms with Crippen LogP contribution in [0.25, 0.3) is 16.9 Å². The molecule has 4 nitrogen and oxygen atoms in total. The quantitative estimate of drug-likeness (QED) is 0.746. The molecule has 2 aromatic heterocycles. The van der Waals surface area contributed by atoms with Gasteiger partial charge in [-0.2, -0.15) is 0 Å². The Morgan fingerprint density at radius 2 is 1.96 bits per heavy atom. The Balaban J connectivity index is 1.56. The van der Waals surface area contributed by atoms with E-state index in [4.69, 9.17) is 0 Å². The minimum atomic E-state index is 0.155. The van der Waals surface area contributed by atoms with Crippen LogP contribution < -0.4 is 5.32 Å². The molecule has 4 heteroatoms. The van der Waals surface area contributed by atoms with Crippen LogP contribution >= 0.6 is 0 Å². The summed E-state index contributed by atoms with van der Waals surface area (Å²) in [6.45, 7) is 2.07. The number of hydrogen-bond acceptors (Lipinski definition) is 2. The van der Waals surface area contributed by atoms with E-state index in [1.165, 1.54) is 24.8 Å². The van der Waals surface area contributed by atoms with Crippen molar-refractivity contribution in [1.82, 2.24) is 9.38 Å². The average Bonchev–Trinajstić information content (AvgIpc) is 3.06. The maximum absolute atomic E-state index is 12.5. The minimum Gasteiger partial charge on any atom is -0.326 e. The smallest absolute Gasteiger partial charge is 0.227 e. The fraction of sp³-hybridized carbons (Fsp3) is 0.333. The van der Waals surface area contributed by atoms with Crippen LogP contribution in [0, 0.1) is 12.8 Å². The molecule has 0 radical (unpaired) electrons. The summed E-state index contributed by atoms with van der Waals surface area (Å²) < 4.78 is 2.04. The number of hydrogen-bond donors (Lipinski definition) is 1. The number of carbonyl (C=O) groups is 1. The molecule has 1 saturated carbocycles. The Kier molecular flexibility index (Phi) is 4.26. The van der Waals surface area contributed by atoms with Crippen molar-refractivity contribution >= 4 is 17.2 Å². The van der Waals surface area contributed by atoms with Gasteiger partial charge in [0.2, 0.25) is 5.91 Å². The SMILES string of the molecule is Cc1ccc2nc(-c3cccc(NC(=O)C4CCCCC4)c3)cn2c1. The summed E-state index contributed by atoms with van der Waals surface area (Å²) in [6.07, 6.45) is 9.71. The molecule has 1 fully saturated rings. The van der Waals surface area contributed by atoms with E-state index in [1.807, 2.05) is 40.9 Å². The van der Waals surface area contributed by atoms with Gasteiger partial charge < -0.3 is 9.72 Å². The van der Waals surface area contributed by atoms with Crippen LogP contribution in [-0.2, 0) is 4.79 Å². The lowest BCUT2D eigenvalue weighted by Gasteiger charge is -2.20. The van der Waals surface area contributed by atoms with Gasteiger partial charge in [0.05, 0.1) is 5.69 Å². The van der Waals surface area contributed by atoms with E-state index < -0.39 is 0 Å². The number of nitrogens with zero attached hydrogens (tertiary/aromatic N) is 2. The first-order valence-electron chi connectivity index (χ1n) is 9.06. The molecular weight excluding hydrogens is 310 g/mol. The van der Waals surface area contributed by atoms with Gasteiger partial charge in [-0.15, -0.1) is 0 Å². The van der Waals surface area contributed by atoms with Gasteiger partial charge in [0.25, 0.3) is 0 Å². The van der Waals surface area contributed by atoms with E-state index in [2.05, 4.69) is 29.5 Å². The average molecular weight is 333 g/mol. The zero-order valence-corrected chi connectivity index (χ0v) is 14.5. The molecule has 25 heavy (non-hydrogen) atoms. The number of fused-ring (bicyclic) bond motifs is 1. The standard InChI is InChI=1S/C21H23N3O/c1-15-10-11-20-23-19(14-24(20)13-15)17-8-5-9-18(12-17)22-21(25)16-6-3-2-4-7-16/h5,8-14,16H,2-4,6-7H2,1H3,(H,22,25). The molecule has 3 aromatic rings. The number of rotatable bonds is 3. The van der Waals surface area contributed by atoms with E-state index in [0.29, 0.717) is 0 Å². The van der Waals surface area contributed by atoms with Crippen molar-refractivity contribution in [3.8, 4) is 11.3 Å². The van der Waals surface area contributed by atoms with Crippen molar-refractivity contribution in [1.29, 1.82) is 0 Å². The Labute approximate surface area is 147 Å². The number of pyridine rings is 1. The zero-order chi connectivity index (χ0) is 17.2. The summed E-state index contributed by atoms with van der Waals surface area (Å²) in [5, 5.41) is 3.09. The highest BCUT2D eigenvalue weighted by Crippen LogP contribution is 2.26. The van der Waals surface area contributed by atoms with Crippen LogP contribution in [-0.4, -0.2) is 15.3 Å². The maximum Gasteiger partial charge on any atom is 0.227 e. The topological polar surface area (TPSA) is 46.4 Å². The molecule has 0 atom stereocenters. The van der Waals surface area contributed by atoms with E-state index in [9.17, 15) is 4.79 Å². The fourth-order valence-corrected chi connectivity index (χ4v) is 3.61. The lowest BCUT2D eigenvalue weighted by Crippen LogP contribution is -2.24. The second-order valence-corrected chi connectivity index (χ2v) is 7.00. The van der Waals surface area contributed by atoms with Crippen LogP contribution in [0.5, 0.6) is 0 Å². The van der Waals surface area contributed by atoms with E-state index in [0.717, 1.165) is 35.4 Å². The van der Waals surface area contributed by atoms with Crippen molar-refractivity contribution < 1.29 is 4.79 Å². The summed E-state index contributed by atoms with van der Waals surface area (Å²) in [5.74, 6) is 0.318. The van der Waals surface area contributed by atoms with Crippen molar-refractivity contribution in [2.45, 2.75) is 39.0 Å². The van der Waals surface area contributed by atoms with Crippen molar-refractivity contribution in [2.75, 3.05) is 5.32 Å². The third-order valence-corrected chi connectivity index (χ3v) is 5.00. The van der Waals surface area contributed by atoms with Crippen LogP contribution in [0.2, 0.25) is 0 Å². The molecule has 0 spiro atoms. The van der Waals surface area contributed by atoms with Crippen LogP contribution in [0.15, 0.2) is 48.8 Å². The van der Waals surface area contributed by atoms with Gasteiger partial charge in [-0.25, -0.2) is 4.98 Å². The summed E-state index contributed by atoms with van der Waals surface area (Å²) in [5.41, 5.74) is 4.91. The Hall–Kier alpha value is -2.62. The number of anilines is 1. The van der Waals surface area contributed by atoms with Gasteiger partial charge in [0.1, 0.15) is 5.65 Å². The second kappa shape index (κ2) is 6.71. The van der Waals surface area contributed by atoms with Gasteiger partial charge >= 0.3 is 0 Å². The van der Waals surface area contributed by atoms with Gasteiger partial charge in [-0.3, -0.25) is 4.79 Å². The third-order valence-electron chi connectivity index (χ3n) is 5.00. The Bertz CT molecular complexity index is 906. The van der Waals surface area contributed by atoms with Gasteiger partial charge in [-0.05, 0) is 43.5 Å². The molecule has 1 aliphatic carbocycles. The minimum absolute atomic E-state index is 0.155. The second-order valence-electron chi connectivity index (χ2n) is 7.00. The van der Waals surface area contributed by atoms with Crippen molar-refractivity contribution in [3.05, 3.63) is 54.4 Å². The van der Waals surface area contributed by atoms with Crippen molar-refractivity contribution in [3.63, 3.8) is 0 Å². The number of aromatic nitrogens is 2. The molecule has 128 valence electrons. The summed E-state index contributed by atoms with van der Waals surface area (Å²) in [6, 6.07) is 12.0. The third kappa shape index (κ3) is 3.43. The molecular formula is C21H23N3O. The maximum atomic E-state index is 12.5. The predicted molar refractivity (Wildman–Crippen MR) is 101 cm³/mol. The largest absolute Gasteiger partial charge is 0.326 e. The summed E-state index contributed by atoms with van der Waals surface area (Å²) >= 11 is 0. The highest BCUT2D eigenvalue weighted by molar-refractivity contribution is 5.93. The number of carbonyl (C=O) groups excluding carboxylic acids is 1. The molecule has 2 heterocycles. The summed E-state index contributed by atoms with van der Waals surface area (Å²) in [4.78, 5) is 17.1. The van der Waals surface area contributed by atoms with Gasteiger partial charge in [0, 0.05) is 29.6 Å². The Morgan fingerprint density at radius 1 is 1.12 bits per heavy atom. The lowest BCUT2D eigenvalue weighted by molar-refractivity contribution is -0.120. The molecule has 0 aliphatic heterocycles. The van der Waals surface area contributed by atoms with Crippen molar-refractivity contribution in [2.24, 2.45) is 5.92 Å². The normalized spacial score (nSPS) is 15.4. The molecule has 1 amide bonds. The number of nitrogens with one attached hydrogen (secondary N) is 1. The number of benzene rings is 1. The molecule has 0 saturated heterocycles. The van der Waals surface area contributed by atoms with Crippen LogP contribution in [0.3, 0.4) is 0 Å². The molecule has 1 aromatic carbocycles. The zero-order valence-electron chi connectivity index (χ0n) is 14.5. The molecule has 0 bridgehead atoms. The number of imidazole rings is 1. The Morgan fingerprint density at radius 3 is 2.80 bits per heavy atom. The molecule has 4 rings (SSSR count). The first-order valence-corrected chi connectivity index (χ1v) is 9.06. The first kappa shape index (κ1) is 15.9. The van der Waals surface area contributed by atoms with Crippen LogP contribution in [0.4, 0.5) is 5.69 Å². The molecule has 1 aliphatic rings. The number of amides is 1. The highest BCUT2D eigenvalue weighted by atomic mass is 16.1. The van der Waals surface area contributed by atoms with E-state index >= 15 is 0 Å². The fourth-order valence-electron chi connectivity index (χ4n) is 3.61. The van der Waals surface area contributed by atoms with E-state index in [-0.39, 0.29) is 11.8 Å². The highest BCUT2D eigenvalue weighted by Gasteiger charge is 2.21. The number of aryl methyl sites for hydroxylation is 1.